The first kappa shape index (κ1) is 14.0. The zero-order valence-corrected chi connectivity index (χ0v) is 12.6. The van der Waals surface area contributed by atoms with Crippen molar-refractivity contribution in [1.29, 1.82) is 0 Å². The van der Waals surface area contributed by atoms with Gasteiger partial charge in [0.15, 0.2) is 5.65 Å². The first-order valence-corrected chi connectivity index (χ1v) is 7.78. The molecule has 1 aliphatic rings. The van der Waals surface area contributed by atoms with Crippen molar-refractivity contribution < 1.29 is 9.84 Å². The normalized spacial score (nSPS) is 17.7. The van der Waals surface area contributed by atoms with Crippen LogP contribution in [0.1, 0.15) is 12.8 Å². The van der Waals surface area contributed by atoms with E-state index in [1.54, 1.807) is 24.5 Å². The summed E-state index contributed by atoms with van der Waals surface area (Å²) in [5, 5.41) is 13.0. The summed E-state index contributed by atoms with van der Waals surface area (Å²) in [5.74, 6) is 1.16. The van der Waals surface area contributed by atoms with E-state index >= 15 is 0 Å². The highest BCUT2D eigenvalue weighted by atomic mass is 16.5. The number of ether oxygens (including phenoxy) is 1. The van der Waals surface area contributed by atoms with E-state index in [1.165, 1.54) is 0 Å². The second kappa shape index (κ2) is 5.89. The van der Waals surface area contributed by atoms with Gasteiger partial charge in [0.05, 0.1) is 12.3 Å². The summed E-state index contributed by atoms with van der Waals surface area (Å²) in [6.45, 7) is 1.59. The molecule has 1 aromatic carbocycles. The molecule has 3 heterocycles. The minimum atomic E-state index is 0.244. The summed E-state index contributed by atoms with van der Waals surface area (Å²) in [6.07, 6.45) is 7.82. The van der Waals surface area contributed by atoms with Crippen LogP contribution in [-0.2, 0) is 4.74 Å². The standard InChI is InChI=1S/C17H18N4O2/c22-13-5-3-12(4-6-13)16-17(19-10-14-2-1-9-23-14)21-8-7-18-11-15(21)20-16/h3-8,11,14,19,22H,1-2,9-10H2. The van der Waals surface area contributed by atoms with Gasteiger partial charge in [-0.1, -0.05) is 0 Å². The number of imidazole rings is 1. The van der Waals surface area contributed by atoms with Crippen LogP contribution in [-0.4, -0.2) is 38.7 Å². The third-order valence-corrected chi connectivity index (χ3v) is 4.09. The molecule has 1 fully saturated rings. The highest BCUT2D eigenvalue weighted by Gasteiger charge is 2.18. The van der Waals surface area contributed by atoms with E-state index in [9.17, 15) is 5.11 Å². The van der Waals surface area contributed by atoms with Crippen molar-refractivity contribution >= 4 is 11.5 Å². The number of benzene rings is 1. The monoisotopic (exact) mass is 310 g/mol. The molecule has 3 aromatic rings. The van der Waals surface area contributed by atoms with Gasteiger partial charge in [-0.15, -0.1) is 0 Å². The Balaban J connectivity index is 1.72. The van der Waals surface area contributed by atoms with Crippen molar-refractivity contribution in [3.8, 4) is 17.0 Å². The molecule has 0 aliphatic carbocycles. The lowest BCUT2D eigenvalue weighted by Gasteiger charge is -2.13. The number of rotatable bonds is 4. The van der Waals surface area contributed by atoms with Gasteiger partial charge in [0, 0.05) is 31.1 Å². The number of phenols is 1. The lowest BCUT2D eigenvalue weighted by molar-refractivity contribution is 0.120. The topological polar surface area (TPSA) is 71.7 Å². The highest BCUT2D eigenvalue weighted by Crippen LogP contribution is 2.30. The number of hydrogen-bond acceptors (Lipinski definition) is 5. The smallest absolute Gasteiger partial charge is 0.157 e. The van der Waals surface area contributed by atoms with Crippen LogP contribution in [0.4, 0.5) is 5.82 Å². The van der Waals surface area contributed by atoms with Gasteiger partial charge in [-0.3, -0.25) is 9.38 Å². The maximum absolute atomic E-state index is 9.49. The molecule has 1 atom stereocenters. The zero-order chi connectivity index (χ0) is 15.6. The Morgan fingerprint density at radius 2 is 2.17 bits per heavy atom. The molecule has 1 unspecified atom stereocenters. The number of nitrogens with zero attached hydrogens (tertiary/aromatic N) is 3. The molecule has 2 N–H and O–H groups in total. The molecule has 1 saturated heterocycles. The van der Waals surface area contributed by atoms with E-state index in [0.717, 1.165) is 48.7 Å². The molecule has 0 amide bonds. The van der Waals surface area contributed by atoms with Crippen molar-refractivity contribution in [2.75, 3.05) is 18.5 Å². The number of hydrogen-bond donors (Lipinski definition) is 2. The molecule has 0 radical (unpaired) electrons. The van der Waals surface area contributed by atoms with Gasteiger partial charge in [-0.05, 0) is 37.1 Å². The molecule has 0 spiro atoms. The van der Waals surface area contributed by atoms with Crippen LogP contribution in [0.5, 0.6) is 5.75 Å². The number of phenolic OH excluding ortho intramolecular Hbond substituents is 1. The minimum Gasteiger partial charge on any atom is -0.508 e. The van der Waals surface area contributed by atoms with Crippen LogP contribution >= 0.6 is 0 Å². The maximum atomic E-state index is 9.49. The van der Waals surface area contributed by atoms with Crippen molar-refractivity contribution in [1.82, 2.24) is 14.4 Å². The van der Waals surface area contributed by atoms with Crippen LogP contribution in [0.3, 0.4) is 0 Å². The Hall–Kier alpha value is -2.60. The number of anilines is 1. The van der Waals surface area contributed by atoms with Crippen LogP contribution in [0, 0.1) is 0 Å². The van der Waals surface area contributed by atoms with E-state index in [1.807, 2.05) is 22.7 Å². The van der Waals surface area contributed by atoms with E-state index in [2.05, 4.69) is 15.3 Å². The van der Waals surface area contributed by atoms with Gasteiger partial charge in [0.1, 0.15) is 17.3 Å². The van der Waals surface area contributed by atoms with Gasteiger partial charge >= 0.3 is 0 Å². The zero-order valence-electron chi connectivity index (χ0n) is 12.6. The molecule has 0 saturated carbocycles. The molecular formula is C17H18N4O2. The van der Waals surface area contributed by atoms with Crippen molar-refractivity contribution in [2.45, 2.75) is 18.9 Å². The van der Waals surface area contributed by atoms with Crippen molar-refractivity contribution in [2.24, 2.45) is 0 Å². The van der Waals surface area contributed by atoms with Gasteiger partial charge in [-0.2, -0.15) is 0 Å². The Kier molecular flexibility index (Phi) is 3.59. The average molecular weight is 310 g/mol. The number of nitrogens with one attached hydrogen (secondary N) is 1. The highest BCUT2D eigenvalue weighted by molar-refractivity contribution is 5.76. The molecular weight excluding hydrogens is 292 g/mol. The average Bonchev–Trinajstić information content (AvgIpc) is 3.21. The van der Waals surface area contributed by atoms with Gasteiger partial charge in [-0.25, -0.2) is 4.98 Å². The first-order chi connectivity index (χ1) is 11.3. The van der Waals surface area contributed by atoms with Crippen LogP contribution < -0.4 is 5.32 Å². The second-order valence-corrected chi connectivity index (χ2v) is 5.68. The molecule has 0 bridgehead atoms. The van der Waals surface area contributed by atoms with Gasteiger partial charge < -0.3 is 15.2 Å². The Morgan fingerprint density at radius 1 is 1.30 bits per heavy atom. The van der Waals surface area contributed by atoms with E-state index in [4.69, 9.17) is 4.74 Å². The fourth-order valence-electron chi connectivity index (χ4n) is 2.91. The SMILES string of the molecule is Oc1ccc(-c2nc3cnccn3c2NCC2CCCO2)cc1. The fraction of sp³-hybridized carbons (Fsp3) is 0.294. The van der Waals surface area contributed by atoms with Crippen LogP contribution in [0.15, 0.2) is 42.9 Å². The van der Waals surface area contributed by atoms with Gasteiger partial charge in [0.2, 0.25) is 0 Å². The van der Waals surface area contributed by atoms with Crippen molar-refractivity contribution in [3.05, 3.63) is 42.9 Å². The van der Waals surface area contributed by atoms with Crippen molar-refractivity contribution in [3.63, 3.8) is 0 Å². The molecule has 6 nitrogen and oxygen atoms in total. The van der Waals surface area contributed by atoms with E-state index in [0.29, 0.717) is 0 Å². The predicted molar refractivity (Wildman–Crippen MR) is 87.6 cm³/mol. The molecule has 2 aromatic heterocycles. The lowest BCUT2D eigenvalue weighted by atomic mass is 10.1. The summed E-state index contributed by atoms with van der Waals surface area (Å²) >= 11 is 0. The third-order valence-electron chi connectivity index (χ3n) is 4.09. The van der Waals surface area contributed by atoms with Crippen LogP contribution in [0.25, 0.3) is 16.9 Å². The number of aromatic hydroxyl groups is 1. The minimum absolute atomic E-state index is 0.244. The predicted octanol–water partition coefficient (Wildman–Crippen LogP) is 2.69. The van der Waals surface area contributed by atoms with Gasteiger partial charge in [0.25, 0.3) is 0 Å². The van der Waals surface area contributed by atoms with Crippen LogP contribution in [0.2, 0.25) is 0 Å². The summed E-state index contributed by atoms with van der Waals surface area (Å²) in [7, 11) is 0. The summed E-state index contributed by atoms with van der Waals surface area (Å²) in [4.78, 5) is 8.81. The second-order valence-electron chi connectivity index (χ2n) is 5.68. The summed E-state index contributed by atoms with van der Waals surface area (Å²) in [6, 6.07) is 7.06. The molecule has 118 valence electrons. The molecule has 1 aliphatic heterocycles. The maximum Gasteiger partial charge on any atom is 0.157 e. The summed E-state index contributed by atoms with van der Waals surface area (Å²) in [5.41, 5.74) is 2.57. The fourth-order valence-corrected chi connectivity index (χ4v) is 2.91. The molecule has 23 heavy (non-hydrogen) atoms. The quantitative estimate of drug-likeness (QED) is 0.775. The van der Waals surface area contributed by atoms with E-state index < -0.39 is 0 Å². The lowest BCUT2D eigenvalue weighted by Crippen LogP contribution is -2.19. The molecule has 6 heteroatoms. The Morgan fingerprint density at radius 3 is 2.96 bits per heavy atom. The van der Waals surface area contributed by atoms with E-state index in [-0.39, 0.29) is 11.9 Å². The first-order valence-electron chi connectivity index (χ1n) is 7.78. The largest absolute Gasteiger partial charge is 0.508 e. The Bertz CT molecular complexity index is 807. The Labute approximate surface area is 133 Å². The number of aromatic nitrogens is 3. The third kappa shape index (κ3) is 2.73. The molecule has 4 rings (SSSR count). The summed E-state index contributed by atoms with van der Waals surface area (Å²) < 4.78 is 7.68. The number of fused-ring (bicyclic) bond motifs is 1.